The maximum Gasteiger partial charge on any atom is 0.251 e. The van der Waals surface area contributed by atoms with Crippen molar-refractivity contribution >= 4 is 17.5 Å². The van der Waals surface area contributed by atoms with E-state index in [4.69, 9.17) is 21.6 Å². The summed E-state index contributed by atoms with van der Waals surface area (Å²) in [6.45, 7) is 12.3. The van der Waals surface area contributed by atoms with Crippen molar-refractivity contribution < 1.29 is 9.53 Å². The number of nitriles is 1. The van der Waals surface area contributed by atoms with Gasteiger partial charge in [0.2, 0.25) is 0 Å². The van der Waals surface area contributed by atoms with Gasteiger partial charge in [0, 0.05) is 28.0 Å². The Morgan fingerprint density at radius 2 is 1.66 bits per heavy atom. The van der Waals surface area contributed by atoms with Crippen LogP contribution >= 0.6 is 11.6 Å². The zero-order valence-corrected chi connectivity index (χ0v) is 18.5. The third-order valence-corrected chi connectivity index (χ3v) is 6.62. The number of aryl methyl sites for hydroxylation is 1. The number of rotatable bonds is 4. The molecule has 1 amide bonds. The van der Waals surface area contributed by atoms with E-state index in [0.717, 1.165) is 11.1 Å². The lowest BCUT2D eigenvalue weighted by molar-refractivity contribution is -0.164. The monoisotopic (exact) mass is 410 g/mol. The van der Waals surface area contributed by atoms with Crippen LogP contribution in [0, 0.1) is 36.0 Å². The molecule has 0 unspecified atom stereocenters. The molecule has 3 rings (SSSR count). The number of halogens is 1. The van der Waals surface area contributed by atoms with E-state index in [9.17, 15) is 4.79 Å². The number of benzene rings is 2. The zero-order valence-electron chi connectivity index (χ0n) is 17.8. The first-order valence-electron chi connectivity index (χ1n) is 9.73. The van der Waals surface area contributed by atoms with E-state index in [1.165, 1.54) is 0 Å². The number of hydrogen-bond acceptors (Lipinski definition) is 3. The highest BCUT2D eigenvalue weighted by Gasteiger charge is 2.64. The number of nitrogens with zero attached hydrogens (tertiary/aromatic N) is 1. The highest BCUT2D eigenvalue weighted by molar-refractivity contribution is 6.32. The number of carbonyl (C=O) groups is 1. The molecule has 2 aromatic carbocycles. The molecule has 1 aliphatic rings. The van der Waals surface area contributed by atoms with Gasteiger partial charge >= 0.3 is 0 Å². The van der Waals surface area contributed by atoms with E-state index < -0.39 is 0 Å². The van der Waals surface area contributed by atoms with Crippen LogP contribution in [0.1, 0.15) is 54.7 Å². The SMILES string of the molecule is Cc1ccc(C(=O)NC2C(C)(C)C(Oc3ccc(C#N)c(Cl)c3C)C2(C)C)cc1. The molecular formula is C24H27ClN2O2. The van der Waals surface area contributed by atoms with Crippen LogP contribution in [0.5, 0.6) is 5.75 Å². The molecule has 1 fully saturated rings. The second-order valence-electron chi connectivity index (χ2n) is 9.08. The van der Waals surface area contributed by atoms with Crippen molar-refractivity contribution in [1.82, 2.24) is 5.32 Å². The van der Waals surface area contributed by atoms with Crippen LogP contribution in [0.2, 0.25) is 5.02 Å². The summed E-state index contributed by atoms with van der Waals surface area (Å²) in [7, 11) is 0. The Morgan fingerprint density at radius 1 is 1.07 bits per heavy atom. The minimum Gasteiger partial charge on any atom is -0.489 e. The van der Waals surface area contributed by atoms with Crippen LogP contribution in [0.15, 0.2) is 36.4 Å². The molecule has 0 bridgehead atoms. The van der Waals surface area contributed by atoms with Gasteiger partial charge in [-0.25, -0.2) is 0 Å². The molecule has 29 heavy (non-hydrogen) atoms. The van der Waals surface area contributed by atoms with Gasteiger partial charge in [-0.3, -0.25) is 4.79 Å². The molecule has 1 saturated carbocycles. The van der Waals surface area contributed by atoms with Crippen LogP contribution in [0.4, 0.5) is 0 Å². The lowest BCUT2D eigenvalue weighted by atomic mass is 9.49. The van der Waals surface area contributed by atoms with E-state index in [2.05, 4.69) is 39.1 Å². The molecule has 0 atom stereocenters. The van der Waals surface area contributed by atoms with Gasteiger partial charge in [0.25, 0.3) is 5.91 Å². The summed E-state index contributed by atoms with van der Waals surface area (Å²) in [6.07, 6.45) is -0.124. The Hall–Kier alpha value is -2.51. The number of amides is 1. The van der Waals surface area contributed by atoms with Gasteiger partial charge in [0.1, 0.15) is 17.9 Å². The van der Waals surface area contributed by atoms with Crippen LogP contribution in [0.25, 0.3) is 0 Å². The van der Waals surface area contributed by atoms with Crippen LogP contribution in [-0.4, -0.2) is 18.1 Å². The topological polar surface area (TPSA) is 62.1 Å². The molecule has 0 saturated heterocycles. The Morgan fingerprint density at radius 3 is 2.21 bits per heavy atom. The van der Waals surface area contributed by atoms with Gasteiger partial charge in [-0.15, -0.1) is 0 Å². The van der Waals surface area contributed by atoms with Crippen LogP contribution < -0.4 is 10.1 Å². The summed E-state index contributed by atoms with van der Waals surface area (Å²) in [5, 5.41) is 12.8. The molecule has 1 N–H and O–H groups in total. The molecule has 2 aromatic rings. The molecule has 0 aliphatic heterocycles. The largest absolute Gasteiger partial charge is 0.489 e. The van der Waals surface area contributed by atoms with Crippen LogP contribution in [-0.2, 0) is 0 Å². The van der Waals surface area contributed by atoms with Gasteiger partial charge in [0.05, 0.1) is 10.6 Å². The average molecular weight is 411 g/mol. The van der Waals surface area contributed by atoms with Gasteiger partial charge in [-0.1, -0.05) is 57.0 Å². The van der Waals surface area contributed by atoms with Crippen molar-refractivity contribution in [3.63, 3.8) is 0 Å². The molecule has 4 nitrogen and oxygen atoms in total. The van der Waals surface area contributed by atoms with E-state index in [1.807, 2.05) is 38.1 Å². The fraction of sp³-hybridized carbons (Fsp3) is 0.417. The summed E-state index contributed by atoms with van der Waals surface area (Å²) in [5.74, 6) is 0.593. The fourth-order valence-corrected chi connectivity index (χ4v) is 4.93. The second-order valence-corrected chi connectivity index (χ2v) is 9.45. The highest BCUT2D eigenvalue weighted by Crippen LogP contribution is 2.56. The quantitative estimate of drug-likeness (QED) is 0.729. The summed E-state index contributed by atoms with van der Waals surface area (Å²) in [4.78, 5) is 12.8. The lowest BCUT2D eigenvalue weighted by Gasteiger charge is -2.63. The van der Waals surface area contributed by atoms with Crippen molar-refractivity contribution in [3.05, 3.63) is 63.7 Å². The second kappa shape index (κ2) is 7.39. The molecule has 5 heteroatoms. The summed E-state index contributed by atoms with van der Waals surface area (Å²) < 4.78 is 6.38. The first-order valence-corrected chi connectivity index (χ1v) is 10.1. The summed E-state index contributed by atoms with van der Waals surface area (Å²) in [5.41, 5.74) is 2.40. The first-order chi connectivity index (χ1) is 13.5. The first kappa shape index (κ1) is 21.2. The molecule has 0 heterocycles. The molecule has 0 spiro atoms. The Labute approximate surface area is 177 Å². The summed E-state index contributed by atoms with van der Waals surface area (Å²) >= 11 is 6.30. The van der Waals surface area contributed by atoms with Crippen molar-refractivity contribution in [2.45, 2.75) is 53.7 Å². The van der Waals surface area contributed by atoms with E-state index in [-0.39, 0.29) is 28.9 Å². The number of nitrogens with one attached hydrogen (secondary N) is 1. The predicted octanol–water partition coefficient (Wildman–Crippen LogP) is 5.44. The normalized spacial score (nSPS) is 21.6. The smallest absolute Gasteiger partial charge is 0.251 e. The van der Waals surface area contributed by atoms with Gasteiger partial charge in [-0.05, 0) is 38.1 Å². The average Bonchev–Trinajstić information content (AvgIpc) is 2.67. The Balaban J connectivity index is 1.80. The van der Waals surface area contributed by atoms with Crippen molar-refractivity contribution in [3.8, 4) is 11.8 Å². The van der Waals surface area contributed by atoms with Crippen molar-refractivity contribution in [2.24, 2.45) is 10.8 Å². The van der Waals surface area contributed by atoms with Crippen LogP contribution in [0.3, 0.4) is 0 Å². The molecule has 0 aromatic heterocycles. The number of carbonyl (C=O) groups excluding carboxylic acids is 1. The van der Waals surface area contributed by atoms with Gasteiger partial charge in [-0.2, -0.15) is 5.26 Å². The molecule has 0 radical (unpaired) electrons. The van der Waals surface area contributed by atoms with Crippen molar-refractivity contribution in [2.75, 3.05) is 0 Å². The third kappa shape index (κ3) is 3.60. The Bertz CT molecular complexity index is 971. The molecule has 1 aliphatic carbocycles. The molecule has 152 valence electrons. The summed E-state index contributed by atoms with van der Waals surface area (Å²) in [6, 6.07) is 13.1. The highest BCUT2D eigenvalue weighted by atomic mass is 35.5. The van der Waals surface area contributed by atoms with Crippen molar-refractivity contribution in [1.29, 1.82) is 5.26 Å². The lowest BCUT2D eigenvalue weighted by Crippen LogP contribution is -2.74. The number of hydrogen-bond donors (Lipinski definition) is 1. The van der Waals surface area contributed by atoms with E-state index >= 15 is 0 Å². The zero-order chi connectivity index (χ0) is 21.6. The Kier molecular flexibility index (Phi) is 5.40. The third-order valence-electron chi connectivity index (χ3n) is 6.13. The standard InChI is InChI=1S/C24H27ClN2O2/c1-14-7-9-16(10-8-14)20(28)27-21-23(3,4)22(24(21,5)6)29-18-12-11-17(13-26)19(25)15(18)2/h7-12,21-22H,1-6H3,(H,27,28). The maximum absolute atomic E-state index is 12.8. The minimum atomic E-state index is -0.281. The van der Waals surface area contributed by atoms with E-state index in [0.29, 0.717) is 21.9 Å². The molecular weight excluding hydrogens is 384 g/mol. The van der Waals surface area contributed by atoms with Gasteiger partial charge < -0.3 is 10.1 Å². The van der Waals surface area contributed by atoms with Gasteiger partial charge in [0.15, 0.2) is 0 Å². The van der Waals surface area contributed by atoms with E-state index in [1.54, 1.807) is 12.1 Å². The minimum absolute atomic E-state index is 0.0528. The number of ether oxygens (including phenoxy) is 1. The fourth-order valence-electron chi connectivity index (χ4n) is 4.73. The predicted molar refractivity (Wildman–Crippen MR) is 115 cm³/mol. The maximum atomic E-state index is 12.8.